The van der Waals surface area contributed by atoms with Gasteiger partial charge in [0, 0.05) is 11.8 Å². The van der Waals surface area contributed by atoms with Crippen molar-refractivity contribution in [2.45, 2.75) is 0 Å². The molecule has 0 saturated carbocycles. The van der Waals surface area contributed by atoms with Crippen molar-refractivity contribution in [3.63, 3.8) is 0 Å². The average molecular weight is 261 g/mol. The van der Waals surface area contributed by atoms with E-state index in [0.29, 0.717) is 0 Å². The normalized spacial score (nSPS) is 10.2. The third-order valence-corrected chi connectivity index (χ3v) is 2.50. The van der Waals surface area contributed by atoms with Crippen LogP contribution in [-0.4, -0.2) is 27.1 Å². The van der Waals surface area contributed by atoms with Crippen LogP contribution in [0.25, 0.3) is 11.3 Å². The minimum atomic E-state index is -1.18. The number of hydrogen-bond donors (Lipinski definition) is 2. The maximum atomic E-state index is 13.6. The molecule has 0 spiro atoms. The van der Waals surface area contributed by atoms with E-state index in [1.807, 2.05) is 0 Å². The van der Waals surface area contributed by atoms with Crippen molar-refractivity contribution in [2.75, 3.05) is 0 Å². The molecule has 0 saturated heterocycles. The fourth-order valence-electron chi connectivity index (χ4n) is 1.53. The number of aromatic nitrogens is 1. The summed E-state index contributed by atoms with van der Waals surface area (Å²) in [6.45, 7) is 0. The van der Waals surface area contributed by atoms with E-state index in [2.05, 4.69) is 4.98 Å². The molecule has 0 unspecified atom stereocenters. The molecule has 0 bridgehead atoms. The van der Waals surface area contributed by atoms with Crippen LogP contribution in [0.5, 0.6) is 0 Å². The molecule has 0 amide bonds. The Kier molecular flexibility index (Phi) is 3.24. The highest BCUT2D eigenvalue weighted by Gasteiger charge is 2.12. The quantitative estimate of drug-likeness (QED) is 0.884. The number of pyridine rings is 1. The molecule has 96 valence electrons. The second-order valence-corrected chi connectivity index (χ2v) is 3.74. The van der Waals surface area contributed by atoms with Crippen LogP contribution in [0, 0.1) is 5.82 Å². The van der Waals surface area contributed by atoms with Gasteiger partial charge >= 0.3 is 11.9 Å². The summed E-state index contributed by atoms with van der Waals surface area (Å²) < 4.78 is 13.6. The van der Waals surface area contributed by atoms with Crippen LogP contribution in [0.3, 0.4) is 0 Å². The first kappa shape index (κ1) is 12.7. The molecule has 0 fully saturated rings. The zero-order valence-electron chi connectivity index (χ0n) is 9.50. The number of aromatic carboxylic acids is 2. The van der Waals surface area contributed by atoms with Gasteiger partial charge in [-0.3, -0.25) is 4.98 Å². The van der Waals surface area contributed by atoms with Crippen LogP contribution in [0.15, 0.2) is 36.5 Å². The first-order valence-corrected chi connectivity index (χ1v) is 5.21. The van der Waals surface area contributed by atoms with Crippen LogP contribution in [0.2, 0.25) is 0 Å². The fraction of sp³-hybridized carbons (Fsp3) is 0. The van der Waals surface area contributed by atoms with Crippen molar-refractivity contribution in [2.24, 2.45) is 0 Å². The highest BCUT2D eigenvalue weighted by atomic mass is 19.1. The summed E-state index contributed by atoms with van der Waals surface area (Å²) >= 11 is 0. The Morgan fingerprint density at radius 2 is 1.63 bits per heavy atom. The SMILES string of the molecule is O=C(O)c1ccc(-c2cc(C(=O)O)ccc2F)nc1. The molecule has 0 radical (unpaired) electrons. The molecular formula is C13H8FNO4. The van der Waals surface area contributed by atoms with Crippen molar-refractivity contribution in [1.82, 2.24) is 4.98 Å². The number of hydrogen-bond acceptors (Lipinski definition) is 3. The zero-order valence-corrected chi connectivity index (χ0v) is 9.50. The standard InChI is InChI=1S/C13H8FNO4/c14-10-3-1-7(12(16)17)5-9(10)11-4-2-8(6-15-11)13(18)19/h1-6H,(H,16,17)(H,18,19). The van der Waals surface area contributed by atoms with Gasteiger partial charge in [-0.15, -0.1) is 0 Å². The Labute approximate surface area is 107 Å². The third kappa shape index (κ3) is 2.57. The van der Waals surface area contributed by atoms with Crippen LogP contribution >= 0.6 is 0 Å². The van der Waals surface area contributed by atoms with Gasteiger partial charge in [-0.05, 0) is 30.3 Å². The van der Waals surface area contributed by atoms with Crippen LogP contribution < -0.4 is 0 Å². The van der Waals surface area contributed by atoms with Crippen molar-refractivity contribution >= 4 is 11.9 Å². The molecule has 0 aliphatic rings. The van der Waals surface area contributed by atoms with Gasteiger partial charge in [0.25, 0.3) is 0 Å². The Morgan fingerprint density at radius 3 is 2.16 bits per heavy atom. The van der Waals surface area contributed by atoms with Crippen LogP contribution in [-0.2, 0) is 0 Å². The average Bonchev–Trinajstić information content (AvgIpc) is 2.39. The lowest BCUT2D eigenvalue weighted by Crippen LogP contribution is -2.00. The molecule has 19 heavy (non-hydrogen) atoms. The molecule has 0 aliphatic carbocycles. The van der Waals surface area contributed by atoms with E-state index in [-0.39, 0.29) is 22.4 Å². The van der Waals surface area contributed by atoms with Gasteiger partial charge in [-0.1, -0.05) is 0 Å². The molecule has 1 heterocycles. The van der Waals surface area contributed by atoms with Gasteiger partial charge < -0.3 is 10.2 Å². The molecule has 0 aliphatic heterocycles. The fourth-order valence-corrected chi connectivity index (χ4v) is 1.53. The highest BCUT2D eigenvalue weighted by Crippen LogP contribution is 2.22. The summed E-state index contributed by atoms with van der Waals surface area (Å²) in [5, 5.41) is 17.6. The van der Waals surface area contributed by atoms with Gasteiger partial charge in [0.15, 0.2) is 0 Å². The van der Waals surface area contributed by atoms with E-state index in [1.54, 1.807) is 0 Å². The highest BCUT2D eigenvalue weighted by molar-refractivity contribution is 5.90. The third-order valence-electron chi connectivity index (χ3n) is 2.50. The van der Waals surface area contributed by atoms with E-state index in [0.717, 1.165) is 24.4 Å². The van der Waals surface area contributed by atoms with Gasteiger partial charge in [-0.25, -0.2) is 14.0 Å². The van der Waals surface area contributed by atoms with E-state index < -0.39 is 17.8 Å². The lowest BCUT2D eigenvalue weighted by Gasteiger charge is -2.04. The summed E-state index contributed by atoms with van der Waals surface area (Å²) in [7, 11) is 0. The number of carboxylic acid groups (broad SMARTS) is 2. The molecule has 6 heteroatoms. The Morgan fingerprint density at radius 1 is 1.00 bits per heavy atom. The topological polar surface area (TPSA) is 87.5 Å². The van der Waals surface area contributed by atoms with Gasteiger partial charge in [0.1, 0.15) is 5.82 Å². The summed E-state index contributed by atoms with van der Waals surface area (Å²) in [6, 6.07) is 5.93. The number of carboxylic acids is 2. The van der Waals surface area contributed by atoms with E-state index in [9.17, 15) is 14.0 Å². The zero-order chi connectivity index (χ0) is 14.0. The van der Waals surface area contributed by atoms with Crippen molar-refractivity contribution in [3.05, 3.63) is 53.5 Å². The first-order chi connectivity index (χ1) is 8.99. The van der Waals surface area contributed by atoms with E-state index >= 15 is 0 Å². The minimum Gasteiger partial charge on any atom is -0.478 e. The lowest BCUT2D eigenvalue weighted by atomic mass is 10.1. The molecule has 2 rings (SSSR count). The molecule has 1 aromatic carbocycles. The molecule has 0 atom stereocenters. The molecular weight excluding hydrogens is 253 g/mol. The summed E-state index contributed by atoms with van der Waals surface area (Å²) in [6.07, 6.45) is 1.09. The van der Waals surface area contributed by atoms with Crippen molar-refractivity contribution in [1.29, 1.82) is 0 Å². The summed E-state index contributed by atoms with van der Waals surface area (Å²) in [5.41, 5.74) is 0.0847. The predicted octanol–water partition coefficient (Wildman–Crippen LogP) is 2.28. The molecule has 5 nitrogen and oxygen atoms in total. The largest absolute Gasteiger partial charge is 0.478 e. The Bertz CT molecular complexity index is 652. The predicted molar refractivity (Wildman–Crippen MR) is 63.5 cm³/mol. The monoisotopic (exact) mass is 261 g/mol. The van der Waals surface area contributed by atoms with E-state index in [1.165, 1.54) is 12.1 Å². The van der Waals surface area contributed by atoms with Crippen LogP contribution in [0.1, 0.15) is 20.7 Å². The van der Waals surface area contributed by atoms with Crippen molar-refractivity contribution < 1.29 is 24.2 Å². The molecule has 2 aromatic rings. The molecule has 2 N–H and O–H groups in total. The van der Waals surface area contributed by atoms with Gasteiger partial charge in [0.2, 0.25) is 0 Å². The number of benzene rings is 1. The summed E-state index contributed by atoms with van der Waals surface area (Å²) in [5.74, 6) is -2.94. The second kappa shape index (κ2) is 4.85. The smallest absolute Gasteiger partial charge is 0.337 e. The Balaban J connectivity index is 2.48. The van der Waals surface area contributed by atoms with Crippen molar-refractivity contribution in [3.8, 4) is 11.3 Å². The second-order valence-electron chi connectivity index (χ2n) is 3.74. The Hall–Kier alpha value is -2.76. The maximum Gasteiger partial charge on any atom is 0.337 e. The first-order valence-electron chi connectivity index (χ1n) is 5.21. The van der Waals surface area contributed by atoms with Gasteiger partial charge in [-0.2, -0.15) is 0 Å². The van der Waals surface area contributed by atoms with Crippen LogP contribution in [0.4, 0.5) is 4.39 Å². The summed E-state index contributed by atoms with van der Waals surface area (Å²) in [4.78, 5) is 25.3. The lowest BCUT2D eigenvalue weighted by molar-refractivity contribution is 0.0686. The number of halogens is 1. The number of carbonyl (C=O) groups is 2. The molecule has 1 aromatic heterocycles. The maximum absolute atomic E-state index is 13.6. The number of rotatable bonds is 3. The number of nitrogens with zero attached hydrogens (tertiary/aromatic N) is 1. The van der Waals surface area contributed by atoms with E-state index in [4.69, 9.17) is 10.2 Å². The van der Waals surface area contributed by atoms with Gasteiger partial charge in [0.05, 0.1) is 16.8 Å². The minimum absolute atomic E-state index is 0.0110.